The second-order valence-electron chi connectivity index (χ2n) is 4.46. The average molecular weight is 230 g/mol. The van der Waals surface area contributed by atoms with Gasteiger partial charge in [-0.05, 0) is 44.2 Å². The van der Waals surface area contributed by atoms with Gasteiger partial charge in [0.15, 0.2) is 0 Å². The van der Waals surface area contributed by atoms with Crippen LogP contribution in [0.15, 0.2) is 0 Å². The van der Waals surface area contributed by atoms with Crippen LogP contribution in [0, 0.1) is 0 Å². The van der Waals surface area contributed by atoms with Crippen molar-refractivity contribution in [1.82, 2.24) is 4.90 Å². The van der Waals surface area contributed by atoms with E-state index in [1.54, 1.807) is 0 Å². The first-order valence-corrected chi connectivity index (χ1v) is 7.48. The molecule has 0 saturated carbocycles. The lowest BCUT2D eigenvalue weighted by Gasteiger charge is -2.39. The van der Waals surface area contributed by atoms with E-state index in [0.717, 1.165) is 12.6 Å². The van der Waals surface area contributed by atoms with Gasteiger partial charge in [-0.25, -0.2) is 0 Å². The summed E-state index contributed by atoms with van der Waals surface area (Å²) < 4.78 is 0. The zero-order valence-electron chi connectivity index (χ0n) is 10.2. The van der Waals surface area contributed by atoms with Crippen LogP contribution in [0.4, 0.5) is 0 Å². The highest BCUT2D eigenvalue weighted by atomic mass is 32.2. The number of piperidine rings is 1. The van der Waals surface area contributed by atoms with Gasteiger partial charge in [-0.1, -0.05) is 13.3 Å². The standard InChI is InChI=1S/C12H26N2S/c1-3-15-9-7-12(10-13)14-8-5-4-6-11(14)2/h11-12H,3-10,13H2,1-2H3. The van der Waals surface area contributed by atoms with Crippen LogP contribution in [-0.4, -0.2) is 41.6 Å². The first-order valence-electron chi connectivity index (χ1n) is 6.33. The van der Waals surface area contributed by atoms with Gasteiger partial charge in [-0.2, -0.15) is 11.8 Å². The van der Waals surface area contributed by atoms with Crippen molar-refractivity contribution >= 4 is 11.8 Å². The van der Waals surface area contributed by atoms with Gasteiger partial charge in [0.2, 0.25) is 0 Å². The SMILES string of the molecule is CCSCCC(CN)N1CCCCC1C. The van der Waals surface area contributed by atoms with Crippen LogP contribution in [-0.2, 0) is 0 Å². The molecule has 2 unspecified atom stereocenters. The van der Waals surface area contributed by atoms with Gasteiger partial charge >= 0.3 is 0 Å². The van der Waals surface area contributed by atoms with Crippen molar-refractivity contribution in [3.05, 3.63) is 0 Å². The van der Waals surface area contributed by atoms with Crippen LogP contribution in [0.2, 0.25) is 0 Å². The largest absolute Gasteiger partial charge is 0.329 e. The molecule has 0 aromatic rings. The summed E-state index contributed by atoms with van der Waals surface area (Å²) in [5.74, 6) is 2.49. The molecule has 0 aliphatic carbocycles. The van der Waals surface area contributed by atoms with E-state index in [1.807, 2.05) is 11.8 Å². The summed E-state index contributed by atoms with van der Waals surface area (Å²) in [5.41, 5.74) is 5.90. The summed E-state index contributed by atoms with van der Waals surface area (Å²) in [6, 6.07) is 1.37. The molecule has 1 rings (SSSR count). The highest BCUT2D eigenvalue weighted by Crippen LogP contribution is 2.21. The van der Waals surface area contributed by atoms with Crippen LogP contribution in [0.1, 0.15) is 39.5 Å². The molecule has 1 saturated heterocycles. The van der Waals surface area contributed by atoms with Gasteiger partial charge in [0.25, 0.3) is 0 Å². The van der Waals surface area contributed by atoms with Gasteiger partial charge in [-0.15, -0.1) is 0 Å². The topological polar surface area (TPSA) is 29.3 Å². The van der Waals surface area contributed by atoms with Crippen molar-refractivity contribution < 1.29 is 0 Å². The molecule has 2 N–H and O–H groups in total. The lowest BCUT2D eigenvalue weighted by molar-refractivity contribution is 0.107. The third-order valence-electron chi connectivity index (χ3n) is 3.39. The lowest BCUT2D eigenvalue weighted by Crippen LogP contribution is -2.48. The molecule has 1 fully saturated rings. The third kappa shape index (κ3) is 4.33. The Hall–Kier alpha value is 0.270. The van der Waals surface area contributed by atoms with Crippen LogP contribution in [0.3, 0.4) is 0 Å². The summed E-state index contributed by atoms with van der Waals surface area (Å²) in [7, 11) is 0. The molecular weight excluding hydrogens is 204 g/mol. The van der Waals surface area contributed by atoms with E-state index >= 15 is 0 Å². The number of likely N-dealkylation sites (tertiary alicyclic amines) is 1. The maximum atomic E-state index is 5.90. The Morgan fingerprint density at radius 1 is 1.47 bits per heavy atom. The van der Waals surface area contributed by atoms with Gasteiger partial charge < -0.3 is 5.73 Å². The molecule has 0 spiro atoms. The van der Waals surface area contributed by atoms with E-state index < -0.39 is 0 Å². The first-order chi connectivity index (χ1) is 7.29. The number of rotatable bonds is 6. The second kappa shape index (κ2) is 7.53. The molecule has 1 heterocycles. The fourth-order valence-corrected chi connectivity index (χ4v) is 3.17. The van der Waals surface area contributed by atoms with Crippen LogP contribution >= 0.6 is 11.8 Å². The van der Waals surface area contributed by atoms with Gasteiger partial charge in [-0.3, -0.25) is 4.90 Å². The Morgan fingerprint density at radius 3 is 2.87 bits per heavy atom. The Labute approximate surface area is 99.0 Å². The number of nitrogens with zero attached hydrogens (tertiary/aromatic N) is 1. The number of nitrogens with two attached hydrogens (primary N) is 1. The molecule has 90 valence electrons. The predicted octanol–water partition coefficient (Wildman–Crippen LogP) is 2.33. The van der Waals surface area contributed by atoms with E-state index in [1.165, 1.54) is 43.7 Å². The fraction of sp³-hybridized carbons (Fsp3) is 1.00. The van der Waals surface area contributed by atoms with Gasteiger partial charge in [0, 0.05) is 18.6 Å². The lowest BCUT2D eigenvalue weighted by atomic mass is 10.00. The van der Waals surface area contributed by atoms with Crippen molar-refractivity contribution in [1.29, 1.82) is 0 Å². The fourth-order valence-electron chi connectivity index (χ4n) is 2.45. The third-order valence-corrected chi connectivity index (χ3v) is 4.33. The molecule has 1 aliphatic rings. The Bertz CT molecular complexity index is 164. The molecule has 0 amide bonds. The molecule has 1 aliphatic heterocycles. The van der Waals surface area contributed by atoms with Crippen molar-refractivity contribution in [3.8, 4) is 0 Å². The number of hydrogen-bond acceptors (Lipinski definition) is 3. The van der Waals surface area contributed by atoms with Crippen LogP contribution in [0.5, 0.6) is 0 Å². The molecule has 0 radical (unpaired) electrons. The minimum absolute atomic E-state index is 0.624. The molecule has 2 nitrogen and oxygen atoms in total. The summed E-state index contributed by atoms with van der Waals surface area (Å²) in [6.45, 7) is 6.68. The van der Waals surface area contributed by atoms with Crippen molar-refractivity contribution in [3.63, 3.8) is 0 Å². The monoisotopic (exact) mass is 230 g/mol. The van der Waals surface area contributed by atoms with Gasteiger partial charge in [0.05, 0.1) is 0 Å². The van der Waals surface area contributed by atoms with E-state index in [0.29, 0.717) is 6.04 Å². The summed E-state index contributed by atoms with van der Waals surface area (Å²) in [5, 5.41) is 0. The molecule has 2 atom stereocenters. The zero-order valence-corrected chi connectivity index (χ0v) is 11.1. The molecule has 0 aromatic heterocycles. The molecule has 3 heteroatoms. The van der Waals surface area contributed by atoms with E-state index in [2.05, 4.69) is 18.7 Å². The highest BCUT2D eigenvalue weighted by molar-refractivity contribution is 7.99. The molecule has 0 bridgehead atoms. The average Bonchev–Trinajstić information content (AvgIpc) is 2.26. The number of thioether (sulfide) groups is 1. The van der Waals surface area contributed by atoms with Crippen molar-refractivity contribution in [2.45, 2.75) is 51.6 Å². The number of hydrogen-bond donors (Lipinski definition) is 1. The minimum Gasteiger partial charge on any atom is -0.329 e. The maximum absolute atomic E-state index is 5.90. The van der Waals surface area contributed by atoms with E-state index in [-0.39, 0.29) is 0 Å². The maximum Gasteiger partial charge on any atom is 0.0229 e. The predicted molar refractivity (Wildman–Crippen MR) is 70.5 cm³/mol. The summed E-state index contributed by atoms with van der Waals surface area (Å²) in [6.07, 6.45) is 5.39. The van der Waals surface area contributed by atoms with Gasteiger partial charge in [0.1, 0.15) is 0 Å². The summed E-state index contributed by atoms with van der Waals surface area (Å²) >= 11 is 2.03. The molecular formula is C12H26N2S. The Morgan fingerprint density at radius 2 is 2.27 bits per heavy atom. The zero-order chi connectivity index (χ0) is 11.1. The first kappa shape index (κ1) is 13.3. The van der Waals surface area contributed by atoms with Crippen molar-refractivity contribution in [2.75, 3.05) is 24.6 Å². The smallest absolute Gasteiger partial charge is 0.0229 e. The summed E-state index contributed by atoms with van der Waals surface area (Å²) in [4.78, 5) is 2.64. The Balaban J connectivity index is 2.34. The van der Waals surface area contributed by atoms with E-state index in [9.17, 15) is 0 Å². The molecule has 15 heavy (non-hydrogen) atoms. The normalized spacial score (nSPS) is 25.4. The Kier molecular flexibility index (Phi) is 6.69. The molecule has 0 aromatic carbocycles. The van der Waals surface area contributed by atoms with Crippen molar-refractivity contribution in [2.24, 2.45) is 5.73 Å². The highest BCUT2D eigenvalue weighted by Gasteiger charge is 2.24. The second-order valence-corrected chi connectivity index (χ2v) is 5.85. The van der Waals surface area contributed by atoms with Crippen LogP contribution in [0.25, 0.3) is 0 Å². The van der Waals surface area contributed by atoms with Crippen LogP contribution < -0.4 is 5.73 Å². The minimum atomic E-state index is 0.624. The van der Waals surface area contributed by atoms with E-state index in [4.69, 9.17) is 5.73 Å². The quantitative estimate of drug-likeness (QED) is 0.710.